The number of hydrogen-bond acceptors (Lipinski definition) is 5. The first-order chi connectivity index (χ1) is 12.4. The van der Waals surface area contributed by atoms with Gasteiger partial charge in [-0.2, -0.15) is 0 Å². The van der Waals surface area contributed by atoms with Crippen molar-refractivity contribution in [3.8, 4) is 5.69 Å². The largest absolute Gasteiger partial charge is 0.477 e. The van der Waals surface area contributed by atoms with Gasteiger partial charge in [0.25, 0.3) is 5.56 Å². The van der Waals surface area contributed by atoms with E-state index in [2.05, 4.69) is 4.98 Å². The minimum absolute atomic E-state index is 0.0263. The quantitative estimate of drug-likeness (QED) is 0.821. The van der Waals surface area contributed by atoms with Gasteiger partial charge in [0.05, 0.1) is 24.5 Å². The van der Waals surface area contributed by atoms with Crippen molar-refractivity contribution in [3.63, 3.8) is 0 Å². The van der Waals surface area contributed by atoms with Crippen LogP contribution in [0.4, 0.5) is 0 Å². The Labute approximate surface area is 153 Å². The number of aromatic amines is 1. The van der Waals surface area contributed by atoms with Crippen molar-refractivity contribution >= 4 is 17.6 Å². The number of aryl methyl sites for hydroxylation is 1. The summed E-state index contributed by atoms with van der Waals surface area (Å²) < 4.78 is 6.21. The van der Waals surface area contributed by atoms with Crippen molar-refractivity contribution in [2.24, 2.45) is 0 Å². The molecule has 26 heavy (non-hydrogen) atoms. The van der Waals surface area contributed by atoms with Gasteiger partial charge in [-0.25, -0.2) is 14.2 Å². The molecule has 0 atom stereocenters. The van der Waals surface area contributed by atoms with Crippen LogP contribution in [0.2, 0.25) is 5.02 Å². The van der Waals surface area contributed by atoms with E-state index in [1.807, 2.05) is 4.90 Å². The van der Waals surface area contributed by atoms with E-state index in [0.717, 1.165) is 4.57 Å². The molecule has 1 aliphatic rings. The Morgan fingerprint density at radius 1 is 1.31 bits per heavy atom. The first-order valence-electron chi connectivity index (χ1n) is 8.06. The van der Waals surface area contributed by atoms with Crippen molar-refractivity contribution in [3.05, 3.63) is 60.9 Å². The van der Waals surface area contributed by atoms with Crippen LogP contribution in [0.15, 0.2) is 27.8 Å². The fraction of sp³-hybridized carbons (Fsp3) is 0.353. The molecule has 8 nitrogen and oxygen atoms in total. The summed E-state index contributed by atoms with van der Waals surface area (Å²) in [7, 11) is 0. The van der Waals surface area contributed by atoms with Crippen LogP contribution in [0.5, 0.6) is 0 Å². The summed E-state index contributed by atoms with van der Waals surface area (Å²) in [6.07, 6.45) is 0. The van der Waals surface area contributed by atoms with Gasteiger partial charge in [-0.15, -0.1) is 0 Å². The van der Waals surface area contributed by atoms with Gasteiger partial charge in [0.2, 0.25) is 0 Å². The van der Waals surface area contributed by atoms with Crippen molar-refractivity contribution in [2.45, 2.75) is 13.5 Å². The topological polar surface area (TPSA) is 105 Å². The molecule has 1 aliphatic heterocycles. The minimum atomic E-state index is -1.35. The van der Waals surface area contributed by atoms with Crippen molar-refractivity contribution in [2.75, 3.05) is 26.3 Å². The van der Waals surface area contributed by atoms with Crippen molar-refractivity contribution < 1.29 is 14.6 Å². The Bertz CT molecular complexity index is 960. The molecule has 2 N–H and O–H groups in total. The molecule has 138 valence electrons. The lowest BCUT2D eigenvalue weighted by molar-refractivity contribution is 0.0336. The summed E-state index contributed by atoms with van der Waals surface area (Å²) >= 11 is 6.00. The zero-order chi connectivity index (χ0) is 18.8. The average molecular weight is 380 g/mol. The standard InChI is InChI=1S/C17H18ClN3O5/c1-10-2-3-11(18)8-13(10)21-15(22)12(9-20-4-6-26-7-5-20)14(16(23)24)19-17(21)25/h2-3,8H,4-7,9H2,1H3,(H,19,25)(H,23,24). The first kappa shape index (κ1) is 18.4. The van der Waals surface area contributed by atoms with E-state index < -0.39 is 17.2 Å². The number of aromatic carboxylic acids is 1. The number of rotatable bonds is 4. The Kier molecular flexibility index (Phi) is 5.26. The normalized spacial score (nSPS) is 15.2. The highest BCUT2D eigenvalue weighted by Gasteiger charge is 2.23. The second kappa shape index (κ2) is 7.45. The number of carboxylic acid groups (broad SMARTS) is 1. The fourth-order valence-corrected chi connectivity index (χ4v) is 3.09. The van der Waals surface area contributed by atoms with Crippen molar-refractivity contribution in [1.29, 1.82) is 0 Å². The van der Waals surface area contributed by atoms with Gasteiger partial charge in [-0.05, 0) is 24.6 Å². The SMILES string of the molecule is Cc1ccc(Cl)cc1-n1c(=O)[nH]c(C(=O)O)c(CN2CCOCC2)c1=O. The molecule has 0 spiro atoms. The number of aromatic nitrogens is 2. The molecule has 0 amide bonds. The Morgan fingerprint density at radius 2 is 2.00 bits per heavy atom. The van der Waals surface area contributed by atoms with Crippen LogP contribution in [0.3, 0.4) is 0 Å². The summed E-state index contributed by atoms with van der Waals surface area (Å²) in [5.74, 6) is -1.35. The summed E-state index contributed by atoms with van der Waals surface area (Å²) in [4.78, 5) is 41.3. The van der Waals surface area contributed by atoms with Gasteiger partial charge in [-0.3, -0.25) is 9.69 Å². The second-order valence-corrected chi connectivity index (χ2v) is 6.49. The molecule has 2 aromatic rings. The summed E-state index contributed by atoms with van der Waals surface area (Å²) in [5, 5.41) is 9.79. The lowest BCUT2D eigenvalue weighted by Crippen LogP contribution is -2.43. The predicted molar refractivity (Wildman–Crippen MR) is 95.5 cm³/mol. The summed E-state index contributed by atoms with van der Waals surface area (Å²) in [5.41, 5.74) is -0.849. The third-order valence-electron chi connectivity index (χ3n) is 4.31. The molecule has 0 radical (unpaired) electrons. The molecule has 1 fully saturated rings. The summed E-state index contributed by atoms with van der Waals surface area (Å²) in [6.45, 7) is 4.02. The highest BCUT2D eigenvalue weighted by atomic mass is 35.5. The molecule has 1 saturated heterocycles. The highest BCUT2D eigenvalue weighted by molar-refractivity contribution is 6.30. The van der Waals surface area contributed by atoms with Gasteiger partial charge in [0, 0.05) is 24.7 Å². The van der Waals surface area contributed by atoms with E-state index in [1.165, 1.54) is 6.07 Å². The molecule has 0 saturated carbocycles. The highest BCUT2D eigenvalue weighted by Crippen LogP contribution is 2.17. The predicted octanol–water partition coefficient (Wildman–Crippen LogP) is 1.02. The van der Waals surface area contributed by atoms with Crippen LogP contribution in [0.25, 0.3) is 5.69 Å². The fourth-order valence-electron chi connectivity index (χ4n) is 2.93. The maximum absolute atomic E-state index is 13.0. The number of benzene rings is 1. The smallest absolute Gasteiger partial charge is 0.352 e. The van der Waals surface area contributed by atoms with Crippen LogP contribution in [-0.4, -0.2) is 51.8 Å². The van der Waals surface area contributed by atoms with E-state index >= 15 is 0 Å². The number of carboxylic acids is 1. The number of ether oxygens (including phenoxy) is 1. The lowest BCUT2D eigenvalue weighted by Gasteiger charge is -2.26. The van der Waals surface area contributed by atoms with E-state index in [-0.39, 0.29) is 17.8 Å². The zero-order valence-corrected chi connectivity index (χ0v) is 14.9. The molecule has 1 aromatic carbocycles. The average Bonchev–Trinajstić information content (AvgIpc) is 2.61. The first-order valence-corrected chi connectivity index (χ1v) is 8.44. The molecule has 3 rings (SSSR count). The maximum Gasteiger partial charge on any atom is 0.352 e. The van der Waals surface area contributed by atoms with Gasteiger partial charge >= 0.3 is 11.7 Å². The number of hydrogen-bond donors (Lipinski definition) is 2. The third kappa shape index (κ3) is 3.57. The van der Waals surface area contributed by atoms with Crippen molar-refractivity contribution in [1.82, 2.24) is 14.5 Å². The zero-order valence-electron chi connectivity index (χ0n) is 14.1. The number of carbonyl (C=O) groups is 1. The molecule has 0 unspecified atom stereocenters. The Balaban J connectivity index is 2.19. The van der Waals surface area contributed by atoms with Crippen LogP contribution >= 0.6 is 11.6 Å². The molecular weight excluding hydrogens is 362 g/mol. The molecule has 0 bridgehead atoms. The van der Waals surface area contributed by atoms with Gasteiger partial charge < -0.3 is 14.8 Å². The Hall–Kier alpha value is -2.42. The monoisotopic (exact) mass is 379 g/mol. The number of nitrogens with one attached hydrogen (secondary N) is 1. The van der Waals surface area contributed by atoms with E-state index in [1.54, 1.807) is 19.1 Å². The molecule has 2 heterocycles. The van der Waals surface area contributed by atoms with Crippen LogP contribution in [-0.2, 0) is 11.3 Å². The lowest BCUT2D eigenvalue weighted by atomic mass is 10.1. The molecule has 1 aromatic heterocycles. The van der Waals surface area contributed by atoms with E-state index in [4.69, 9.17) is 16.3 Å². The van der Waals surface area contributed by atoms with Gasteiger partial charge in [-0.1, -0.05) is 17.7 Å². The van der Waals surface area contributed by atoms with E-state index in [0.29, 0.717) is 42.6 Å². The number of halogens is 1. The minimum Gasteiger partial charge on any atom is -0.477 e. The Morgan fingerprint density at radius 3 is 2.65 bits per heavy atom. The van der Waals surface area contributed by atoms with Gasteiger partial charge in [0.1, 0.15) is 5.69 Å². The number of H-pyrrole nitrogens is 1. The van der Waals surface area contributed by atoms with Gasteiger partial charge in [0.15, 0.2) is 0 Å². The number of nitrogens with zero attached hydrogens (tertiary/aromatic N) is 2. The third-order valence-corrected chi connectivity index (χ3v) is 4.54. The molecular formula is C17H18ClN3O5. The van der Waals surface area contributed by atoms with Crippen LogP contribution in [0, 0.1) is 6.92 Å². The maximum atomic E-state index is 13.0. The number of morpholine rings is 1. The molecule has 0 aliphatic carbocycles. The molecule has 9 heteroatoms. The van der Waals surface area contributed by atoms with E-state index in [9.17, 15) is 19.5 Å². The van der Waals surface area contributed by atoms with Crippen LogP contribution in [0.1, 0.15) is 21.6 Å². The van der Waals surface area contributed by atoms with Crippen LogP contribution < -0.4 is 11.2 Å². The summed E-state index contributed by atoms with van der Waals surface area (Å²) in [6, 6.07) is 4.85. The second-order valence-electron chi connectivity index (χ2n) is 6.05.